The Morgan fingerprint density at radius 1 is 1.36 bits per heavy atom. The molecule has 0 unspecified atom stereocenters. The molecule has 0 atom stereocenters. The van der Waals surface area contributed by atoms with E-state index in [9.17, 15) is 4.79 Å². The minimum absolute atomic E-state index is 0.177. The first-order valence-electron chi connectivity index (χ1n) is 7.27. The van der Waals surface area contributed by atoms with Crippen LogP contribution in [0.1, 0.15) is 38.2 Å². The Hall–Kier alpha value is -1.04. The number of thioether (sulfide) groups is 1. The van der Waals surface area contributed by atoms with Crippen molar-refractivity contribution in [3.05, 3.63) is 33.7 Å². The molecule has 3 nitrogen and oxygen atoms in total. The van der Waals surface area contributed by atoms with E-state index in [1.165, 1.54) is 24.6 Å². The Morgan fingerprint density at radius 2 is 2.18 bits per heavy atom. The van der Waals surface area contributed by atoms with Gasteiger partial charge < -0.3 is 10.1 Å². The number of unbranched alkanes of at least 4 members (excludes halogenated alkanes) is 3. The highest BCUT2D eigenvalue weighted by atomic mass is 35.5. The summed E-state index contributed by atoms with van der Waals surface area (Å²) >= 11 is 12.3. The summed E-state index contributed by atoms with van der Waals surface area (Å²) in [6.07, 6.45) is 6.37. The number of nitrogens with one attached hydrogen (secondary N) is 1. The topological polar surface area (TPSA) is 38.3 Å². The summed E-state index contributed by atoms with van der Waals surface area (Å²) in [5.41, 5.74) is 0.797. The van der Waals surface area contributed by atoms with Crippen LogP contribution >= 0.6 is 35.6 Å². The molecule has 1 aromatic carbocycles. The SMILES string of the molecule is CCCCCCOc1ccc(Cl)cc1/C=C1/SC(=S)NC1=O. The molecular weight excluding hydrogens is 338 g/mol. The molecule has 1 aliphatic rings. The van der Waals surface area contributed by atoms with Crippen LogP contribution in [-0.2, 0) is 4.79 Å². The zero-order valence-corrected chi connectivity index (χ0v) is 14.7. The first-order chi connectivity index (χ1) is 10.6. The van der Waals surface area contributed by atoms with Crippen LogP contribution in [0.15, 0.2) is 23.1 Å². The average molecular weight is 356 g/mol. The maximum absolute atomic E-state index is 11.8. The molecular formula is C16H18ClNO2S2. The smallest absolute Gasteiger partial charge is 0.263 e. The lowest BCUT2D eigenvalue weighted by molar-refractivity contribution is -0.115. The molecule has 1 fully saturated rings. The molecule has 1 saturated heterocycles. The second kappa shape index (κ2) is 8.56. The number of hydrogen-bond acceptors (Lipinski definition) is 4. The molecule has 118 valence electrons. The number of amides is 1. The van der Waals surface area contributed by atoms with Crippen LogP contribution in [0.3, 0.4) is 0 Å². The molecule has 0 aromatic heterocycles. The minimum atomic E-state index is -0.177. The van der Waals surface area contributed by atoms with E-state index in [1.807, 2.05) is 6.07 Å². The normalized spacial score (nSPS) is 16.2. The second-order valence-corrected chi connectivity index (χ2v) is 7.10. The highest BCUT2D eigenvalue weighted by molar-refractivity contribution is 8.26. The number of thiocarbonyl (C=S) groups is 1. The maximum atomic E-state index is 11.8. The molecule has 1 amide bonds. The lowest BCUT2D eigenvalue weighted by Crippen LogP contribution is -2.17. The van der Waals surface area contributed by atoms with Gasteiger partial charge in [0.1, 0.15) is 10.1 Å². The maximum Gasteiger partial charge on any atom is 0.263 e. The van der Waals surface area contributed by atoms with E-state index in [0.717, 1.165) is 24.2 Å². The third-order valence-corrected chi connectivity index (χ3v) is 4.55. The average Bonchev–Trinajstić information content (AvgIpc) is 2.79. The van der Waals surface area contributed by atoms with E-state index in [0.29, 0.717) is 20.9 Å². The molecule has 0 spiro atoms. The van der Waals surface area contributed by atoms with Crippen LogP contribution in [0.4, 0.5) is 0 Å². The number of halogens is 1. The molecule has 1 heterocycles. The van der Waals surface area contributed by atoms with E-state index in [1.54, 1.807) is 18.2 Å². The fourth-order valence-electron chi connectivity index (χ4n) is 2.04. The summed E-state index contributed by atoms with van der Waals surface area (Å²) in [6, 6.07) is 5.42. The zero-order valence-electron chi connectivity index (χ0n) is 12.4. The summed E-state index contributed by atoms with van der Waals surface area (Å²) in [4.78, 5) is 12.3. The van der Waals surface area contributed by atoms with E-state index in [-0.39, 0.29) is 5.91 Å². The molecule has 1 aromatic rings. The van der Waals surface area contributed by atoms with Gasteiger partial charge in [-0.15, -0.1) is 0 Å². The van der Waals surface area contributed by atoms with Gasteiger partial charge in [0, 0.05) is 10.6 Å². The monoisotopic (exact) mass is 355 g/mol. The number of carbonyl (C=O) groups excluding carboxylic acids is 1. The third kappa shape index (κ3) is 5.00. The standard InChI is InChI=1S/C16H18ClNO2S2/c1-2-3-4-5-8-20-13-7-6-12(17)9-11(13)10-14-15(19)18-16(21)22-14/h6-7,9-10H,2-5,8H2,1H3,(H,18,19,21)/b14-10+. The van der Waals surface area contributed by atoms with Crippen molar-refractivity contribution in [1.82, 2.24) is 5.32 Å². The highest BCUT2D eigenvalue weighted by Crippen LogP contribution is 2.31. The molecule has 22 heavy (non-hydrogen) atoms. The van der Waals surface area contributed by atoms with Gasteiger partial charge in [0.2, 0.25) is 0 Å². The van der Waals surface area contributed by atoms with Crippen molar-refractivity contribution >= 4 is 51.9 Å². The van der Waals surface area contributed by atoms with Crippen molar-refractivity contribution in [1.29, 1.82) is 0 Å². The Labute approximate surface area is 145 Å². The van der Waals surface area contributed by atoms with Crippen LogP contribution in [-0.4, -0.2) is 16.8 Å². The number of benzene rings is 1. The Bertz CT molecular complexity index is 602. The first kappa shape index (κ1) is 17.3. The van der Waals surface area contributed by atoms with Gasteiger partial charge in [-0.2, -0.15) is 0 Å². The van der Waals surface area contributed by atoms with Gasteiger partial charge in [0.25, 0.3) is 5.91 Å². The van der Waals surface area contributed by atoms with Crippen molar-refractivity contribution in [2.75, 3.05) is 6.61 Å². The highest BCUT2D eigenvalue weighted by Gasteiger charge is 2.22. The summed E-state index contributed by atoms with van der Waals surface area (Å²) in [5, 5.41) is 3.21. The van der Waals surface area contributed by atoms with Gasteiger partial charge in [0.05, 0.1) is 11.5 Å². The fourth-order valence-corrected chi connectivity index (χ4v) is 3.25. The Morgan fingerprint density at radius 3 is 2.86 bits per heavy atom. The van der Waals surface area contributed by atoms with E-state index in [2.05, 4.69) is 12.2 Å². The van der Waals surface area contributed by atoms with Crippen molar-refractivity contribution in [3.8, 4) is 5.75 Å². The molecule has 1 N–H and O–H groups in total. The molecule has 2 rings (SSSR count). The van der Waals surface area contributed by atoms with E-state index < -0.39 is 0 Å². The Kier molecular flexibility index (Phi) is 6.73. The van der Waals surface area contributed by atoms with Crippen molar-refractivity contribution in [3.63, 3.8) is 0 Å². The second-order valence-electron chi connectivity index (χ2n) is 4.94. The predicted molar refractivity (Wildman–Crippen MR) is 97.4 cm³/mol. The van der Waals surface area contributed by atoms with Gasteiger partial charge in [-0.3, -0.25) is 4.79 Å². The number of hydrogen-bond donors (Lipinski definition) is 1. The lowest BCUT2D eigenvalue weighted by atomic mass is 10.1. The first-order valence-corrected chi connectivity index (χ1v) is 8.87. The summed E-state index contributed by atoms with van der Waals surface area (Å²) in [5.74, 6) is 0.559. The third-order valence-electron chi connectivity index (χ3n) is 3.16. The zero-order chi connectivity index (χ0) is 15.9. The van der Waals surface area contributed by atoms with E-state index in [4.69, 9.17) is 28.6 Å². The van der Waals surface area contributed by atoms with Crippen LogP contribution < -0.4 is 10.1 Å². The summed E-state index contributed by atoms with van der Waals surface area (Å²) < 4.78 is 6.31. The van der Waals surface area contributed by atoms with Gasteiger partial charge in [-0.1, -0.05) is 61.8 Å². The quantitative estimate of drug-likeness (QED) is 0.433. The number of carbonyl (C=O) groups is 1. The van der Waals surface area contributed by atoms with Gasteiger partial charge in [-0.05, 0) is 30.7 Å². The van der Waals surface area contributed by atoms with Gasteiger partial charge in [0.15, 0.2) is 0 Å². The molecule has 1 aliphatic heterocycles. The Balaban J connectivity index is 2.09. The number of rotatable bonds is 7. The minimum Gasteiger partial charge on any atom is -0.493 e. The summed E-state index contributed by atoms with van der Waals surface area (Å²) in [7, 11) is 0. The lowest BCUT2D eigenvalue weighted by Gasteiger charge is -2.10. The van der Waals surface area contributed by atoms with Gasteiger partial charge in [-0.25, -0.2) is 0 Å². The van der Waals surface area contributed by atoms with Crippen molar-refractivity contribution in [2.24, 2.45) is 0 Å². The summed E-state index contributed by atoms with van der Waals surface area (Å²) in [6.45, 7) is 2.84. The molecule has 0 bridgehead atoms. The van der Waals surface area contributed by atoms with Gasteiger partial charge >= 0.3 is 0 Å². The predicted octanol–water partition coefficient (Wildman–Crippen LogP) is 4.79. The molecule has 0 aliphatic carbocycles. The largest absolute Gasteiger partial charge is 0.493 e. The fraction of sp³-hybridized carbons (Fsp3) is 0.375. The van der Waals surface area contributed by atoms with Crippen molar-refractivity contribution < 1.29 is 9.53 Å². The van der Waals surface area contributed by atoms with E-state index >= 15 is 0 Å². The van der Waals surface area contributed by atoms with Crippen LogP contribution in [0.5, 0.6) is 5.75 Å². The van der Waals surface area contributed by atoms with Crippen molar-refractivity contribution in [2.45, 2.75) is 32.6 Å². The van der Waals surface area contributed by atoms with Crippen LogP contribution in [0.2, 0.25) is 5.02 Å². The molecule has 0 radical (unpaired) electrons. The molecule has 6 heteroatoms. The van der Waals surface area contributed by atoms with Crippen LogP contribution in [0, 0.1) is 0 Å². The van der Waals surface area contributed by atoms with Crippen LogP contribution in [0.25, 0.3) is 6.08 Å². The molecule has 0 saturated carbocycles. The number of ether oxygens (including phenoxy) is 1.